The second-order valence-corrected chi connectivity index (χ2v) is 8.08. The summed E-state index contributed by atoms with van der Waals surface area (Å²) in [5.74, 6) is 2.40. The molecule has 22 heavy (non-hydrogen) atoms. The summed E-state index contributed by atoms with van der Waals surface area (Å²) in [7, 11) is 0. The molecule has 4 saturated carbocycles. The lowest BCUT2D eigenvalue weighted by molar-refractivity contribution is -0.131. The number of carbonyl (C=O) groups is 1. The molecule has 4 nitrogen and oxygen atoms in total. The minimum Gasteiger partial charge on any atom is -0.323 e. The van der Waals surface area contributed by atoms with Crippen LogP contribution in [-0.2, 0) is 4.79 Å². The van der Waals surface area contributed by atoms with Gasteiger partial charge in [-0.3, -0.25) is 4.79 Å². The fraction of sp³-hybridized carbons (Fsp3) is 0.882. The number of carbonyl (C=O) groups excluding carboxylic acids is 1. The maximum Gasteiger partial charge on any atom is 0.237 e. The molecule has 5 heteroatoms. The molecule has 1 saturated heterocycles. The molecule has 0 aromatic rings. The maximum absolute atomic E-state index is 13.5. The van der Waals surface area contributed by atoms with Crippen LogP contribution in [0.15, 0.2) is 0 Å². The molecule has 1 N–H and O–H groups in total. The molecule has 120 valence electrons. The lowest BCUT2D eigenvalue weighted by atomic mass is 9.53. The SMILES string of the molecule is N#C[C@@H]1CC(F)CN1C(=O)CNC12CC3CC(CC(C3)C1)C2. The molecule has 4 bridgehead atoms. The highest BCUT2D eigenvalue weighted by atomic mass is 19.1. The van der Waals surface area contributed by atoms with E-state index in [1.165, 1.54) is 43.4 Å². The van der Waals surface area contributed by atoms with Crippen molar-refractivity contribution in [3.05, 3.63) is 0 Å². The number of nitrogens with one attached hydrogen (secondary N) is 1. The number of likely N-dealkylation sites (tertiary alicyclic amines) is 1. The molecule has 4 aliphatic carbocycles. The Bertz CT molecular complexity index is 479. The summed E-state index contributed by atoms with van der Waals surface area (Å²) in [5.41, 5.74) is 0.140. The molecule has 1 amide bonds. The van der Waals surface area contributed by atoms with Crippen LogP contribution in [0.2, 0.25) is 0 Å². The molecule has 5 aliphatic rings. The number of amides is 1. The third-order valence-corrected chi connectivity index (χ3v) is 6.37. The summed E-state index contributed by atoms with van der Waals surface area (Å²) in [6.07, 6.45) is 6.83. The standard InChI is InChI=1S/C17H24FN3O/c18-14-4-15(8-19)21(10-14)16(22)9-20-17-5-11-1-12(6-17)3-13(2-11)7-17/h11-15,20H,1-7,9-10H2/t11?,12?,13?,14?,15-,17?/m0/s1. The number of rotatable bonds is 3. The van der Waals surface area contributed by atoms with E-state index in [0.717, 1.165) is 17.8 Å². The van der Waals surface area contributed by atoms with Gasteiger partial charge in [-0.1, -0.05) is 0 Å². The Labute approximate surface area is 131 Å². The highest BCUT2D eigenvalue weighted by molar-refractivity contribution is 5.79. The quantitative estimate of drug-likeness (QED) is 0.868. The summed E-state index contributed by atoms with van der Waals surface area (Å²) in [5, 5.41) is 12.6. The van der Waals surface area contributed by atoms with Crippen molar-refractivity contribution in [1.29, 1.82) is 5.26 Å². The Kier molecular flexibility index (Phi) is 3.41. The topological polar surface area (TPSA) is 56.1 Å². The third kappa shape index (κ3) is 2.42. The van der Waals surface area contributed by atoms with E-state index in [1.54, 1.807) is 0 Å². The average molecular weight is 305 g/mol. The Morgan fingerprint density at radius 3 is 2.32 bits per heavy atom. The average Bonchev–Trinajstić information content (AvgIpc) is 2.85. The van der Waals surface area contributed by atoms with E-state index in [1.807, 2.05) is 0 Å². The first kappa shape index (κ1) is 14.4. The first-order chi connectivity index (χ1) is 10.6. The van der Waals surface area contributed by atoms with Gasteiger partial charge in [0.1, 0.15) is 12.2 Å². The van der Waals surface area contributed by atoms with E-state index in [-0.39, 0.29) is 31.0 Å². The second-order valence-electron chi connectivity index (χ2n) is 8.08. The molecule has 1 unspecified atom stereocenters. The van der Waals surface area contributed by atoms with Crippen molar-refractivity contribution in [3.63, 3.8) is 0 Å². The molecular weight excluding hydrogens is 281 g/mol. The van der Waals surface area contributed by atoms with Gasteiger partial charge in [-0.25, -0.2) is 4.39 Å². The highest BCUT2D eigenvalue weighted by Gasteiger charge is 2.51. The zero-order valence-corrected chi connectivity index (χ0v) is 12.9. The number of hydrogen-bond acceptors (Lipinski definition) is 3. The largest absolute Gasteiger partial charge is 0.323 e. The van der Waals surface area contributed by atoms with Crippen LogP contribution in [0.5, 0.6) is 0 Å². The van der Waals surface area contributed by atoms with E-state index < -0.39 is 12.2 Å². The van der Waals surface area contributed by atoms with E-state index in [0.29, 0.717) is 0 Å². The number of alkyl halides is 1. The normalized spacial score (nSPS) is 46.0. The van der Waals surface area contributed by atoms with Crippen molar-refractivity contribution in [1.82, 2.24) is 10.2 Å². The Morgan fingerprint density at radius 2 is 1.77 bits per heavy atom. The highest BCUT2D eigenvalue weighted by Crippen LogP contribution is 2.55. The lowest BCUT2D eigenvalue weighted by Crippen LogP contribution is -2.60. The van der Waals surface area contributed by atoms with Crippen LogP contribution in [0.4, 0.5) is 4.39 Å². The summed E-state index contributed by atoms with van der Waals surface area (Å²) in [6.45, 7) is 0.344. The van der Waals surface area contributed by atoms with Crippen LogP contribution in [-0.4, -0.2) is 41.6 Å². The molecule has 0 aromatic heterocycles. The van der Waals surface area contributed by atoms with Crippen LogP contribution < -0.4 is 5.32 Å². The van der Waals surface area contributed by atoms with Gasteiger partial charge in [0.2, 0.25) is 5.91 Å². The Balaban J connectivity index is 1.38. The molecule has 1 heterocycles. The smallest absolute Gasteiger partial charge is 0.237 e. The third-order valence-electron chi connectivity index (χ3n) is 6.37. The Morgan fingerprint density at radius 1 is 1.18 bits per heavy atom. The fourth-order valence-electron chi connectivity index (χ4n) is 5.87. The van der Waals surface area contributed by atoms with Crippen LogP contribution in [0, 0.1) is 29.1 Å². The number of hydrogen-bond donors (Lipinski definition) is 1. The molecule has 0 spiro atoms. The first-order valence-electron chi connectivity index (χ1n) is 8.65. The monoisotopic (exact) mass is 305 g/mol. The minimum atomic E-state index is -1.05. The van der Waals surface area contributed by atoms with Crippen molar-refractivity contribution < 1.29 is 9.18 Å². The van der Waals surface area contributed by atoms with Crippen molar-refractivity contribution in [2.75, 3.05) is 13.1 Å². The molecule has 5 rings (SSSR count). The van der Waals surface area contributed by atoms with Gasteiger partial charge in [-0.15, -0.1) is 0 Å². The van der Waals surface area contributed by atoms with Gasteiger partial charge in [-0.2, -0.15) is 5.26 Å². The van der Waals surface area contributed by atoms with Crippen molar-refractivity contribution in [3.8, 4) is 6.07 Å². The molecule has 0 aromatic carbocycles. The summed E-state index contributed by atoms with van der Waals surface area (Å²) < 4.78 is 13.5. The number of nitrogens with zero attached hydrogens (tertiary/aromatic N) is 2. The predicted molar refractivity (Wildman–Crippen MR) is 79.5 cm³/mol. The summed E-state index contributed by atoms with van der Waals surface area (Å²) >= 11 is 0. The predicted octanol–water partition coefficient (Wildman–Crippen LogP) is 2.01. The fourth-order valence-corrected chi connectivity index (χ4v) is 5.87. The minimum absolute atomic E-state index is 0.0830. The van der Waals surface area contributed by atoms with E-state index in [9.17, 15) is 9.18 Å². The lowest BCUT2D eigenvalue weighted by Gasteiger charge is -2.57. The van der Waals surface area contributed by atoms with Crippen LogP contribution >= 0.6 is 0 Å². The maximum atomic E-state index is 13.5. The first-order valence-corrected chi connectivity index (χ1v) is 8.65. The molecule has 2 atom stereocenters. The van der Waals surface area contributed by atoms with Crippen molar-refractivity contribution >= 4 is 5.91 Å². The van der Waals surface area contributed by atoms with E-state index in [4.69, 9.17) is 5.26 Å². The summed E-state index contributed by atoms with van der Waals surface area (Å²) in [4.78, 5) is 13.8. The summed E-state index contributed by atoms with van der Waals surface area (Å²) in [6, 6.07) is 1.47. The van der Waals surface area contributed by atoms with Crippen LogP contribution in [0.1, 0.15) is 44.9 Å². The van der Waals surface area contributed by atoms with Gasteiger partial charge >= 0.3 is 0 Å². The van der Waals surface area contributed by atoms with Crippen molar-refractivity contribution in [2.45, 2.75) is 62.7 Å². The van der Waals surface area contributed by atoms with Gasteiger partial charge in [0.25, 0.3) is 0 Å². The second kappa shape index (κ2) is 5.19. The van der Waals surface area contributed by atoms with Crippen molar-refractivity contribution in [2.24, 2.45) is 17.8 Å². The molecule has 0 radical (unpaired) electrons. The molecule has 1 aliphatic heterocycles. The Hall–Kier alpha value is -1.15. The zero-order chi connectivity index (χ0) is 15.3. The van der Waals surface area contributed by atoms with Gasteiger partial charge < -0.3 is 10.2 Å². The van der Waals surface area contributed by atoms with Gasteiger partial charge in [0.15, 0.2) is 0 Å². The molecular formula is C17H24FN3O. The van der Waals surface area contributed by atoms with Gasteiger partial charge in [-0.05, 0) is 56.3 Å². The van der Waals surface area contributed by atoms with Gasteiger partial charge in [0.05, 0.1) is 19.2 Å². The number of nitriles is 1. The van der Waals surface area contributed by atoms with Crippen LogP contribution in [0.25, 0.3) is 0 Å². The zero-order valence-electron chi connectivity index (χ0n) is 12.9. The number of halogens is 1. The van der Waals surface area contributed by atoms with E-state index in [2.05, 4.69) is 11.4 Å². The molecule has 5 fully saturated rings. The van der Waals surface area contributed by atoms with Crippen LogP contribution in [0.3, 0.4) is 0 Å². The van der Waals surface area contributed by atoms with E-state index >= 15 is 0 Å². The van der Waals surface area contributed by atoms with Gasteiger partial charge in [0, 0.05) is 12.0 Å².